The first kappa shape index (κ1) is 25.7. The minimum absolute atomic E-state index is 0.0577. The third-order valence-electron chi connectivity index (χ3n) is 6.06. The zero-order valence-corrected chi connectivity index (χ0v) is 21.7. The molecule has 1 N–H and O–H groups in total. The van der Waals surface area contributed by atoms with Gasteiger partial charge in [-0.1, -0.05) is 30.3 Å². The number of fused-ring (bicyclic) bond motifs is 1. The monoisotopic (exact) mass is 533 g/mol. The topological polar surface area (TPSA) is 117 Å². The van der Waals surface area contributed by atoms with Crippen molar-refractivity contribution in [1.29, 1.82) is 5.41 Å². The van der Waals surface area contributed by atoms with E-state index >= 15 is 0 Å². The summed E-state index contributed by atoms with van der Waals surface area (Å²) in [6.07, 6.45) is 1.70. The normalized spacial score (nSPS) is 18.3. The summed E-state index contributed by atoms with van der Waals surface area (Å²) in [6, 6.07) is 15.0. The van der Waals surface area contributed by atoms with Crippen LogP contribution in [0.4, 0.5) is 0 Å². The number of carbonyl (C=O) groups is 2. The maximum atomic E-state index is 12.7. The summed E-state index contributed by atoms with van der Waals surface area (Å²) < 4.78 is 16.8. The fraction of sp³-hybridized carbons (Fsp3) is 0.296. The number of nitrogens with zero attached hydrogens (tertiary/aromatic N) is 4. The van der Waals surface area contributed by atoms with E-state index in [1.54, 1.807) is 35.2 Å². The second-order valence-corrected chi connectivity index (χ2v) is 9.76. The Morgan fingerprint density at radius 3 is 2.61 bits per heavy atom. The summed E-state index contributed by atoms with van der Waals surface area (Å²) in [7, 11) is 0. The van der Waals surface area contributed by atoms with Gasteiger partial charge in [-0.2, -0.15) is 15.1 Å². The quantitative estimate of drug-likeness (QED) is 0.409. The van der Waals surface area contributed by atoms with Gasteiger partial charge in [-0.25, -0.2) is 0 Å². The van der Waals surface area contributed by atoms with Crippen LogP contribution in [0.25, 0.3) is 6.08 Å². The molecule has 1 saturated heterocycles. The number of amides is 2. The number of benzene rings is 2. The van der Waals surface area contributed by atoms with Crippen molar-refractivity contribution in [2.24, 2.45) is 10.1 Å². The molecule has 0 aromatic heterocycles. The van der Waals surface area contributed by atoms with Crippen LogP contribution in [-0.4, -0.2) is 77.3 Å². The Balaban J connectivity index is 1.18. The third-order valence-corrected chi connectivity index (χ3v) is 6.97. The summed E-state index contributed by atoms with van der Waals surface area (Å²) in [5.74, 6) is 0.854. The van der Waals surface area contributed by atoms with Crippen LogP contribution in [0.2, 0.25) is 0 Å². The predicted octanol–water partition coefficient (Wildman–Crippen LogP) is 3.32. The number of hydrogen-bond donors (Lipinski definition) is 1. The lowest BCUT2D eigenvalue weighted by Gasteiger charge is -2.26. The number of morpholine rings is 1. The molecule has 0 atom stereocenters. The number of ether oxygens (including phenoxy) is 3. The van der Waals surface area contributed by atoms with Gasteiger partial charge in [-0.3, -0.25) is 15.0 Å². The molecule has 11 heteroatoms. The first-order valence-electron chi connectivity index (χ1n) is 12.2. The Kier molecular flexibility index (Phi) is 7.85. The average Bonchev–Trinajstić information content (AvgIpc) is 3.33. The van der Waals surface area contributed by atoms with Gasteiger partial charge in [-0.05, 0) is 54.1 Å². The first-order chi connectivity index (χ1) is 18.5. The van der Waals surface area contributed by atoms with E-state index in [4.69, 9.17) is 19.6 Å². The van der Waals surface area contributed by atoms with Crippen LogP contribution in [0, 0.1) is 12.3 Å². The highest BCUT2D eigenvalue weighted by atomic mass is 32.2. The number of hydrogen-bond acceptors (Lipinski definition) is 8. The lowest BCUT2D eigenvalue weighted by atomic mass is 10.1. The molecule has 0 saturated carbocycles. The number of aryl methyl sites for hydroxylation is 1. The van der Waals surface area contributed by atoms with E-state index in [1.807, 2.05) is 31.2 Å². The standard InChI is InChI=1S/C27H27N5O5S/c1-18-4-2-3-5-22(18)37-15-14-36-20-8-6-19(7-9-20)16-21-25(28)32-27(29-26(21)34)38-23(30-32)17-24(33)31-10-12-35-13-11-31/h2-9,16,28H,10-15,17H2,1H3. The molecule has 2 amide bonds. The number of aliphatic imine (C=N–C) groups is 1. The molecule has 0 radical (unpaired) electrons. The molecular weight excluding hydrogens is 506 g/mol. The summed E-state index contributed by atoms with van der Waals surface area (Å²) >= 11 is 1.14. The van der Waals surface area contributed by atoms with Crippen LogP contribution in [-0.2, 0) is 14.3 Å². The second-order valence-electron chi connectivity index (χ2n) is 8.72. The molecule has 3 aliphatic rings. The van der Waals surface area contributed by atoms with Crippen molar-refractivity contribution in [2.75, 3.05) is 39.5 Å². The van der Waals surface area contributed by atoms with Crippen molar-refractivity contribution in [3.63, 3.8) is 0 Å². The predicted molar refractivity (Wildman–Crippen MR) is 146 cm³/mol. The minimum atomic E-state index is -0.515. The van der Waals surface area contributed by atoms with Gasteiger partial charge in [-0.15, -0.1) is 0 Å². The zero-order chi connectivity index (χ0) is 26.5. The van der Waals surface area contributed by atoms with Gasteiger partial charge in [0.05, 0.1) is 25.2 Å². The highest BCUT2D eigenvalue weighted by Crippen LogP contribution is 2.30. The van der Waals surface area contributed by atoms with Crippen molar-refractivity contribution >= 4 is 45.7 Å². The van der Waals surface area contributed by atoms with Crippen LogP contribution in [0.3, 0.4) is 0 Å². The molecule has 3 heterocycles. The van der Waals surface area contributed by atoms with Crippen LogP contribution >= 0.6 is 11.8 Å². The molecule has 2 aromatic carbocycles. The Morgan fingerprint density at radius 1 is 1.11 bits per heavy atom. The minimum Gasteiger partial charge on any atom is -0.490 e. The fourth-order valence-electron chi connectivity index (χ4n) is 4.01. The number of hydrazone groups is 1. The summed E-state index contributed by atoms with van der Waals surface area (Å²) in [4.78, 5) is 31.1. The van der Waals surface area contributed by atoms with Gasteiger partial charge >= 0.3 is 0 Å². The smallest absolute Gasteiger partial charge is 0.283 e. The van der Waals surface area contributed by atoms with Gasteiger partial charge in [0.2, 0.25) is 11.1 Å². The van der Waals surface area contributed by atoms with Gasteiger partial charge in [0, 0.05) is 13.1 Å². The molecule has 0 bridgehead atoms. The van der Waals surface area contributed by atoms with Crippen LogP contribution < -0.4 is 9.47 Å². The molecule has 0 aliphatic carbocycles. The third kappa shape index (κ3) is 5.95. The maximum absolute atomic E-state index is 12.7. The van der Waals surface area contributed by atoms with E-state index in [2.05, 4.69) is 10.1 Å². The molecule has 10 nitrogen and oxygen atoms in total. The first-order valence-corrected chi connectivity index (χ1v) is 13.1. The van der Waals surface area contributed by atoms with Crippen molar-refractivity contribution in [1.82, 2.24) is 9.91 Å². The number of para-hydroxylation sites is 1. The molecule has 196 valence electrons. The van der Waals surface area contributed by atoms with E-state index in [9.17, 15) is 9.59 Å². The van der Waals surface area contributed by atoms with Gasteiger partial charge in [0.25, 0.3) is 5.91 Å². The van der Waals surface area contributed by atoms with Gasteiger partial charge in [0.15, 0.2) is 5.84 Å². The Morgan fingerprint density at radius 2 is 1.84 bits per heavy atom. The SMILES string of the molecule is Cc1ccccc1OCCOc1ccc(C=C2C(=N)N3N=C(CC(=O)N4CCOCC4)SC3=NC2=O)cc1. The van der Waals surface area contributed by atoms with Crippen molar-refractivity contribution < 1.29 is 23.8 Å². The summed E-state index contributed by atoms with van der Waals surface area (Å²) in [5.41, 5.74) is 1.91. The van der Waals surface area contributed by atoms with Crippen LogP contribution in [0.1, 0.15) is 17.5 Å². The summed E-state index contributed by atoms with van der Waals surface area (Å²) in [5, 5.41) is 15.0. The molecular formula is C27H27N5O5S. The van der Waals surface area contributed by atoms with Crippen LogP contribution in [0.5, 0.6) is 11.5 Å². The van der Waals surface area contributed by atoms with Crippen molar-refractivity contribution in [3.8, 4) is 11.5 Å². The van der Waals surface area contributed by atoms with E-state index in [-0.39, 0.29) is 23.7 Å². The maximum Gasteiger partial charge on any atom is 0.283 e. The number of carbonyl (C=O) groups excluding carboxylic acids is 2. The average molecular weight is 534 g/mol. The Bertz CT molecular complexity index is 1330. The molecule has 2 aromatic rings. The molecule has 3 aliphatic heterocycles. The van der Waals surface area contributed by atoms with E-state index in [1.165, 1.54) is 5.01 Å². The number of rotatable bonds is 8. The van der Waals surface area contributed by atoms with E-state index in [0.717, 1.165) is 28.6 Å². The van der Waals surface area contributed by atoms with Gasteiger partial charge < -0.3 is 19.1 Å². The van der Waals surface area contributed by atoms with Gasteiger partial charge in [0.1, 0.15) is 29.8 Å². The van der Waals surface area contributed by atoms with Crippen LogP contribution in [0.15, 0.2) is 64.2 Å². The fourth-order valence-corrected chi connectivity index (χ4v) is 4.89. The van der Waals surface area contributed by atoms with Crippen molar-refractivity contribution in [2.45, 2.75) is 13.3 Å². The Labute approximate surface area is 224 Å². The highest BCUT2D eigenvalue weighted by Gasteiger charge is 2.36. The van der Waals surface area contributed by atoms with Crippen molar-refractivity contribution in [3.05, 3.63) is 65.2 Å². The summed E-state index contributed by atoms with van der Waals surface area (Å²) in [6.45, 7) is 4.93. The molecule has 0 unspecified atom stereocenters. The number of amidine groups is 2. The number of nitrogens with one attached hydrogen (secondary N) is 1. The lowest BCUT2D eigenvalue weighted by molar-refractivity contribution is -0.133. The molecule has 5 rings (SSSR count). The van der Waals surface area contributed by atoms with E-state index in [0.29, 0.717) is 55.5 Å². The second kappa shape index (κ2) is 11.6. The van der Waals surface area contributed by atoms with E-state index < -0.39 is 5.91 Å². The number of thioether (sulfide) groups is 1. The molecule has 1 fully saturated rings. The Hall–Kier alpha value is -3.96. The lowest BCUT2D eigenvalue weighted by Crippen LogP contribution is -2.41. The zero-order valence-electron chi connectivity index (χ0n) is 20.9. The molecule has 0 spiro atoms. The highest BCUT2D eigenvalue weighted by molar-refractivity contribution is 8.27. The molecule has 38 heavy (non-hydrogen) atoms. The largest absolute Gasteiger partial charge is 0.490 e.